The van der Waals surface area contributed by atoms with Gasteiger partial charge in [0.15, 0.2) is 5.78 Å². The van der Waals surface area contributed by atoms with Gasteiger partial charge in [0, 0.05) is 42.1 Å². The highest BCUT2D eigenvalue weighted by Gasteiger charge is 2.22. The molecule has 1 aliphatic rings. The normalized spacial score (nSPS) is 13.5. The zero-order valence-electron chi connectivity index (χ0n) is 16.2. The number of nitrogens with zero attached hydrogens (tertiary/aromatic N) is 2. The summed E-state index contributed by atoms with van der Waals surface area (Å²) in [4.78, 5) is 38.5. The fourth-order valence-electron chi connectivity index (χ4n) is 2.99. The second-order valence-corrected chi connectivity index (χ2v) is 7.86. The van der Waals surface area contributed by atoms with Crippen LogP contribution in [0.15, 0.2) is 30.6 Å². The molecule has 0 radical (unpaired) electrons. The van der Waals surface area contributed by atoms with Gasteiger partial charge in [-0.2, -0.15) is 0 Å². The van der Waals surface area contributed by atoms with Crippen molar-refractivity contribution in [1.29, 1.82) is 0 Å². The Labute approximate surface area is 182 Å². The van der Waals surface area contributed by atoms with Gasteiger partial charge in [-0.3, -0.25) is 14.4 Å². The summed E-state index contributed by atoms with van der Waals surface area (Å²) in [6, 6.07) is 1.95. The SMILES string of the molecule is O=C1CCC(c2nnc(CNC(=O)c3cc(C(=O)c4c(F)cc(F)cc4F)c[nH]3)s2)=CN1. The average Bonchev–Trinajstić information content (AvgIpc) is 3.42. The van der Waals surface area contributed by atoms with Gasteiger partial charge in [-0.05, 0) is 12.5 Å². The van der Waals surface area contributed by atoms with E-state index in [-0.39, 0.29) is 23.7 Å². The highest BCUT2D eigenvalue weighted by atomic mass is 32.1. The number of carbonyl (C=O) groups is 3. The van der Waals surface area contributed by atoms with Crippen molar-refractivity contribution in [2.24, 2.45) is 0 Å². The molecule has 0 atom stereocenters. The van der Waals surface area contributed by atoms with Gasteiger partial charge in [0.25, 0.3) is 5.91 Å². The Morgan fingerprint density at radius 2 is 1.84 bits per heavy atom. The zero-order chi connectivity index (χ0) is 22.8. The zero-order valence-corrected chi connectivity index (χ0v) is 17.0. The number of benzene rings is 1. The van der Waals surface area contributed by atoms with Gasteiger partial charge < -0.3 is 15.6 Å². The van der Waals surface area contributed by atoms with Crippen molar-refractivity contribution in [3.63, 3.8) is 0 Å². The molecule has 0 unspecified atom stereocenters. The van der Waals surface area contributed by atoms with Crippen LogP contribution in [-0.2, 0) is 11.3 Å². The molecule has 3 N–H and O–H groups in total. The number of aromatic amines is 1. The number of carbonyl (C=O) groups excluding carboxylic acids is 3. The standard InChI is InChI=1S/C20H14F3N5O3S/c21-11-4-12(22)17(13(23)5-11)18(30)10-3-14(24-7-10)19(31)26-8-16-27-28-20(32-16)9-1-2-15(29)25-6-9/h3-7,24H,1-2,8H2,(H,25,29)(H,26,31). The van der Waals surface area contributed by atoms with Crippen LogP contribution < -0.4 is 10.6 Å². The van der Waals surface area contributed by atoms with E-state index in [0.29, 0.717) is 35.0 Å². The predicted molar refractivity (Wildman–Crippen MR) is 107 cm³/mol. The molecule has 12 heteroatoms. The Balaban J connectivity index is 1.41. The molecule has 0 bridgehead atoms. The van der Waals surface area contributed by atoms with Gasteiger partial charge in [0.2, 0.25) is 5.91 Å². The van der Waals surface area contributed by atoms with Crippen LogP contribution in [0.4, 0.5) is 13.2 Å². The summed E-state index contributed by atoms with van der Waals surface area (Å²) >= 11 is 1.25. The van der Waals surface area contributed by atoms with E-state index in [4.69, 9.17) is 0 Å². The molecule has 2 amide bonds. The van der Waals surface area contributed by atoms with Crippen LogP contribution in [0.3, 0.4) is 0 Å². The molecule has 164 valence electrons. The minimum atomic E-state index is -1.33. The molecule has 3 heterocycles. The molecule has 1 aliphatic heterocycles. The van der Waals surface area contributed by atoms with E-state index < -0.39 is 34.7 Å². The van der Waals surface area contributed by atoms with Crippen molar-refractivity contribution in [3.05, 3.63) is 74.9 Å². The molecule has 1 aromatic carbocycles. The lowest BCUT2D eigenvalue weighted by Gasteiger charge is -2.09. The van der Waals surface area contributed by atoms with E-state index in [1.54, 1.807) is 6.20 Å². The third-order valence-corrected chi connectivity index (χ3v) is 5.59. The summed E-state index contributed by atoms with van der Waals surface area (Å²) in [6.07, 6.45) is 3.61. The van der Waals surface area contributed by atoms with Crippen molar-refractivity contribution in [2.75, 3.05) is 0 Å². The van der Waals surface area contributed by atoms with E-state index in [0.717, 1.165) is 17.8 Å². The Bertz CT molecular complexity index is 1240. The fraction of sp³-hybridized carbons (Fsp3) is 0.150. The summed E-state index contributed by atoms with van der Waals surface area (Å²) in [7, 11) is 0. The van der Waals surface area contributed by atoms with E-state index in [9.17, 15) is 27.6 Å². The first kappa shape index (κ1) is 21.4. The Kier molecular flexibility index (Phi) is 5.86. The van der Waals surface area contributed by atoms with Crippen LogP contribution in [-0.4, -0.2) is 32.8 Å². The second kappa shape index (κ2) is 8.75. The molecule has 0 saturated heterocycles. The summed E-state index contributed by atoms with van der Waals surface area (Å²) in [6.45, 7) is 0.0552. The summed E-state index contributed by atoms with van der Waals surface area (Å²) in [5.74, 6) is -5.49. The number of amides is 2. The average molecular weight is 461 g/mol. The highest BCUT2D eigenvalue weighted by Crippen LogP contribution is 2.25. The molecule has 0 fully saturated rings. The quantitative estimate of drug-likeness (QED) is 0.488. The number of hydrogen-bond donors (Lipinski definition) is 3. The molecule has 0 aliphatic carbocycles. The van der Waals surface area contributed by atoms with E-state index in [1.807, 2.05) is 0 Å². The lowest BCUT2D eigenvalue weighted by Crippen LogP contribution is -2.23. The minimum absolute atomic E-state index is 0.0151. The van der Waals surface area contributed by atoms with Gasteiger partial charge >= 0.3 is 0 Å². The smallest absolute Gasteiger partial charge is 0.268 e. The minimum Gasteiger partial charge on any atom is -0.356 e. The number of hydrogen-bond acceptors (Lipinski definition) is 6. The van der Waals surface area contributed by atoms with Crippen LogP contribution in [0, 0.1) is 17.5 Å². The monoisotopic (exact) mass is 461 g/mol. The predicted octanol–water partition coefficient (Wildman–Crippen LogP) is 2.70. The van der Waals surface area contributed by atoms with Gasteiger partial charge in [0.05, 0.1) is 12.1 Å². The maximum Gasteiger partial charge on any atom is 0.268 e. The Morgan fingerprint density at radius 1 is 1.09 bits per heavy atom. The molecule has 2 aromatic heterocycles. The van der Waals surface area contributed by atoms with Gasteiger partial charge in [-0.1, -0.05) is 11.3 Å². The summed E-state index contributed by atoms with van der Waals surface area (Å²) in [5, 5.41) is 14.4. The number of H-pyrrole nitrogens is 1. The lowest BCUT2D eigenvalue weighted by molar-refractivity contribution is -0.120. The number of nitrogens with one attached hydrogen (secondary N) is 3. The van der Waals surface area contributed by atoms with Crippen LogP contribution >= 0.6 is 11.3 Å². The molecule has 4 rings (SSSR count). The van der Waals surface area contributed by atoms with Gasteiger partial charge in [-0.25, -0.2) is 13.2 Å². The summed E-state index contributed by atoms with van der Waals surface area (Å²) < 4.78 is 40.8. The molecule has 0 spiro atoms. The topological polar surface area (TPSA) is 117 Å². The first-order valence-electron chi connectivity index (χ1n) is 9.29. The molecule has 3 aromatic rings. The lowest BCUT2D eigenvalue weighted by atomic mass is 10.0. The summed E-state index contributed by atoms with van der Waals surface area (Å²) in [5.41, 5.74) is -0.248. The number of halogens is 3. The third-order valence-electron chi connectivity index (χ3n) is 4.59. The molecule has 32 heavy (non-hydrogen) atoms. The Morgan fingerprint density at radius 3 is 2.53 bits per heavy atom. The van der Waals surface area contributed by atoms with Crippen molar-refractivity contribution in [3.8, 4) is 0 Å². The first-order valence-corrected chi connectivity index (χ1v) is 10.1. The molecular weight excluding hydrogens is 447 g/mol. The first-order chi connectivity index (χ1) is 15.3. The Hall–Kier alpha value is -3.80. The highest BCUT2D eigenvalue weighted by molar-refractivity contribution is 7.12. The van der Waals surface area contributed by atoms with Crippen LogP contribution in [0.1, 0.15) is 49.3 Å². The number of aromatic nitrogens is 3. The molecule has 0 saturated carbocycles. The maximum absolute atomic E-state index is 13.9. The van der Waals surface area contributed by atoms with E-state index in [1.165, 1.54) is 11.3 Å². The molecular formula is C20H14F3N5O3S. The third kappa shape index (κ3) is 4.44. The van der Waals surface area contributed by atoms with Crippen molar-refractivity contribution < 1.29 is 27.6 Å². The van der Waals surface area contributed by atoms with Gasteiger partial charge in [0.1, 0.15) is 33.2 Å². The van der Waals surface area contributed by atoms with Gasteiger partial charge in [-0.15, -0.1) is 10.2 Å². The second-order valence-electron chi connectivity index (χ2n) is 6.80. The van der Waals surface area contributed by atoms with E-state index in [2.05, 4.69) is 25.8 Å². The van der Waals surface area contributed by atoms with Crippen LogP contribution in [0.5, 0.6) is 0 Å². The largest absolute Gasteiger partial charge is 0.356 e. The van der Waals surface area contributed by atoms with Crippen LogP contribution in [0.2, 0.25) is 0 Å². The maximum atomic E-state index is 13.9. The fourth-order valence-corrected chi connectivity index (χ4v) is 3.82. The molecule has 8 nitrogen and oxygen atoms in total. The van der Waals surface area contributed by atoms with Crippen LogP contribution in [0.25, 0.3) is 5.57 Å². The number of ketones is 1. The van der Waals surface area contributed by atoms with Crippen molar-refractivity contribution in [1.82, 2.24) is 25.8 Å². The number of rotatable bonds is 6. The van der Waals surface area contributed by atoms with Crippen molar-refractivity contribution in [2.45, 2.75) is 19.4 Å². The van der Waals surface area contributed by atoms with Crippen molar-refractivity contribution >= 4 is 34.5 Å². The van der Waals surface area contributed by atoms with E-state index >= 15 is 0 Å². The number of allylic oxidation sites excluding steroid dienone is 1.